The van der Waals surface area contributed by atoms with Crippen molar-refractivity contribution in [3.63, 3.8) is 0 Å². The molecule has 1 rings (SSSR count). The number of rotatable bonds is 12. The van der Waals surface area contributed by atoms with E-state index >= 15 is 0 Å². The average molecular weight is 505 g/mol. The number of amides is 2. The van der Waals surface area contributed by atoms with Crippen LogP contribution in [0.5, 0.6) is 0 Å². The molecule has 198 valence electrons. The van der Waals surface area contributed by atoms with Gasteiger partial charge < -0.3 is 29.6 Å². The van der Waals surface area contributed by atoms with E-state index in [0.717, 1.165) is 17.2 Å². The molecule has 10 nitrogen and oxygen atoms in total. The number of hydrogen-bond donors (Lipinski definition) is 2. The van der Waals surface area contributed by atoms with Crippen LogP contribution in [-0.2, 0) is 39.6 Å². The van der Waals surface area contributed by atoms with Gasteiger partial charge in [-0.3, -0.25) is 0 Å². The minimum atomic E-state index is -0.827. The minimum Gasteiger partial charge on any atom is -0.459 e. The smallest absolute Gasteiger partial charge is 0.408 e. The minimum absolute atomic E-state index is 0.0842. The highest BCUT2D eigenvalue weighted by Gasteiger charge is 2.29. The van der Waals surface area contributed by atoms with Crippen LogP contribution >= 0.6 is 0 Å². The van der Waals surface area contributed by atoms with Gasteiger partial charge in [0.25, 0.3) is 0 Å². The van der Waals surface area contributed by atoms with Crippen molar-refractivity contribution < 1.29 is 38.1 Å². The molecule has 0 fully saturated rings. The molecule has 1 aromatic carbocycles. The van der Waals surface area contributed by atoms with Gasteiger partial charge in [-0.15, -0.1) is 0 Å². The Bertz CT molecular complexity index is 984. The van der Waals surface area contributed by atoms with Crippen LogP contribution in [0, 0.1) is 0 Å². The third kappa shape index (κ3) is 10.2. The van der Waals surface area contributed by atoms with Gasteiger partial charge in [-0.05, 0) is 52.7 Å². The molecule has 0 aliphatic rings. The van der Waals surface area contributed by atoms with E-state index in [2.05, 4.69) is 23.8 Å². The predicted octanol–water partition coefficient (Wildman–Crippen LogP) is 3.85. The summed E-state index contributed by atoms with van der Waals surface area (Å²) in [5, 5.41) is 5.57. The van der Waals surface area contributed by atoms with E-state index in [-0.39, 0.29) is 25.4 Å². The fourth-order valence-corrected chi connectivity index (χ4v) is 2.89. The summed E-state index contributed by atoms with van der Waals surface area (Å²) in [6.07, 6.45) is -0.997. The molecule has 36 heavy (non-hydrogen) atoms. The van der Waals surface area contributed by atoms with Crippen molar-refractivity contribution in [2.45, 2.75) is 58.7 Å². The number of carbonyl (C=O) groups is 4. The molecular formula is C26H36N2O8. The molecule has 0 aliphatic heterocycles. The van der Waals surface area contributed by atoms with Gasteiger partial charge in [-0.25, -0.2) is 19.2 Å². The van der Waals surface area contributed by atoms with Crippen molar-refractivity contribution in [1.82, 2.24) is 10.6 Å². The van der Waals surface area contributed by atoms with Crippen molar-refractivity contribution in [1.29, 1.82) is 0 Å². The third-order valence-corrected chi connectivity index (χ3v) is 4.97. The van der Waals surface area contributed by atoms with Crippen molar-refractivity contribution >= 4 is 24.1 Å². The molecule has 1 atom stereocenters. The van der Waals surface area contributed by atoms with Crippen LogP contribution in [0.4, 0.5) is 9.59 Å². The lowest BCUT2D eigenvalue weighted by atomic mass is 9.87. The first-order valence-electron chi connectivity index (χ1n) is 11.3. The summed E-state index contributed by atoms with van der Waals surface area (Å²) in [6.45, 7) is 16.8. The molecule has 0 saturated carbocycles. The second-order valence-electron chi connectivity index (χ2n) is 9.18. The molecule has 1 unspecified atom stereocenters. The molecule has 0 aliphatic carbocycles. The Morgan fingerprint density at radius 3 is 2.00 bits per heavy atom. The normalized spacial score (nSPS) is 11.9. The highest BCUT2D eigenvalue weighted by atomic mass is 16.6. The van der Waals surface area contributed by atoms with Gasteiger partial charge in [0.1, 0.15) is 25.9 Å². The first-order valence-corrected chi connectivity index (χ1v) is 11.3. The van der Waals surface area contributed by atoms with Crippen molar-refractivity contribution in [2.75, 3.05) is 19.8 Å². The maximum Gasteiger partial charge on any atom is 0.408 e. The van der Waals surface area contributed by atoms with Crippen LogP contribution in [-0.4, -0.2) is 50.0 Å². The standard InChI is InChI=1S/C26H36N2O8/c1-9-21(29)33-13-14-34-23(31)27-25(5,6)19-11-10-12-20(15-19)26(7,8)28-24(32)36-18(4)16-35-22(30)17(2)3/h9-12,15,18H,1-2,13-14,16H2,3-8H3,(H,27,31)(H,28,32). The highest BCUT2D eigenvalue weighted by molar-refractivity contribution is 5.86. The van der Waals surface area contributed by atoms with Crippen LogP contribution in [0.3, 0.4) is 0 Å². The predicted molar refractivity (Wildman–Crippen MR) is 133 cm³/mol. The quantitative estimate of drug-likeness (QED) is 0.190. The van der Waals surface area contributed by atoms with E-state index in [0.29, 0.717) is 0 Å². The Balaban J connectivity index is 2.74. The van der Waals surface area contributed by atoms with E-state index in [4.69, 9.17) is 18.9 Å². The number of alkyl carbamates (subject to hydrolysis) is 2. The molecule has 1 aromatic rings. The first-order chi connectivity index (χ1) is 16.7. The number of ether oxygens (including phenoxy) is 4. The van der Waals surface area contributed by atoms with Gasteiger partial charge in [-0.1, -0.05) is 37.4 Å². The zero-order valence-electron chi connectivity index (χ0n) is 21.8. The molecular weight excluding hydrogens is 468 g/mol. The Morgan fingerprint density at radius 1 is 0.944 bits per heavy atom. The molecule has 0 heterocycles. The Morgan fingerprint density at radius 2 is 1.47 bits per heavy atom. The average Bonchev–Trinajstić information content (AvgIpc) is 2.79. The lowest BCUT2D eigenvalue weighted by molar-refractivity contribution is -0.141. The summed E-state index contributed by atoms with van der Waals surface area (Å²) in [5.74, 6) is -1.16. The molecule has 0 saturated heterocycles. The lowest BCUT2D eigenvalue weighted by Crippen LogP contribution is -2.44. The van der Waals surface area contributed by atoms with E-state index in [1.165, 1.54) is 6.92 Å². The summed E-state index contributed by atoms with van der Waals surface area (Å²) in [6, 6.07) is 7.33. The van der Waals surface area contributed by atoms with E-state index in [1.807, 2.05) is 24.3 Å². The molecule has 2 N–H and O–H groups in total. The maximum atomic E-state index is 12.4. The van der Waals surface area contributed by atoms with E-state index in [9.17, 15) is 19.2 Å². The van der Waals surface area contributed by atoms with Gasteiger partial charge in [-0.2, -0.15) is 0 Å². The summed E-state index contributed by atoms with van der Waals surface area (Å²) in [5.41, 5.74) is 0.138. The van der Waals surface area contributed by atoms with Gasteiger partial charge in [0.2, 0.25) is 0 Å². The fraction of sp³-hybridized carbons (Fsp3) is 0.462. The number of hydrogen-bond acceptors (Lipinski definition) is 8. The van der Waals surface area contributed by atoms with Gasteiger partial charge in [0.05, 0.1) is 11.1 Å². The van der Waals surface area contributed by atoms with Crippen LogP contribution in [0.15, 0.2) is 49.1 Å². The number of nitrogens with one attached hydrogen (secondary N) is 2. The van der Waals surface area contributed by atoms with Crippen LogP contribution in [0.1, 0.15) is 52.7 Å². The summed E-state index contributed by atoms with van der Waals surface area (Å²) < 4.78 is 20.1. The number of carbonyl (C=O) groups excluding carboxylic acids is 4. The van der Waals surface area contributed by atoms with Gasteiger partial charge in [0.15, 0.2) is 0 Å². The molecule has 2 amide bonds. The largest absolute Gasteiger partial charge is 0.459 e. The SMILES string of the molecule is C=CC(=O)OCCOC(=O)NC(C)(C)c1cccc(C(C)(C)NC(=O)OC(C)COC(=O)C(=C)C)c1. The van der Waals surface area contributed by atoms with Crippen LogP contribution < -0.4 is 10.6 Å². The Labute approximate surface area is 212 Å². The Hall–Kier alpha value is -3.82. The number of benzene rings is 1. The second-order valence-corrected chi connectivity index (χ2v) is 9.18. The van der Waals surface area contributed by atoms with Crippen molar-refractivity contribution in [3.05, 3.63) is 60.2 Å². The Kier molecular flexibility index (Phi) is 11.2. The molecule has 0 bridgehead atoms. The van der Waals surface area contributed by atoms with Crippen LogP contribution in [0.2, 0.25) is 0 Å². The van der Waals surface area contributed by atoms with Gasteiger partial charge in [0, 0.05) is 11.6 Å². The number of esters is 2. The fourth-order valence-electron chi connectivity index (χ4n) is 2.89. The second kappa shape index (κ2) is 13.3. The summed E-state index contributed by atoms with van der Waals surface area (Å²) in [4.78, 5) is 47.2. The lowest BCUT2D eigenvalue weighted by Gasteiger charge is -2.31. The van der Waals surface area contributed by atoms with E-state index in [1.54, 1.807) is 34.6 Å². The van der Waals surface area contributed by atoms with Crippen molar-refractivity contribution in [2.24, 2.45) is 0 Å². The maximum absolute atomic E-state index is 12.4. The first kappa shape index (κ1) is 30.2. The van der Waals surface area contributed by atoms with E-state index < -0.39 is 41.3 Å². The molecule has 0 aromatic heterocycles. The molecule has 10 heteroatoms. The molecule has 0 radical (unpaired) electrons. The highest BCUT2D eigenvalue weighted by Crippen LogP contribution is 2.27. The van der Waals surface area contributed by atoms with Gasteiger partial charge >= 0.3 is 24.1 Å². The zero-order valence-corrected chi connectivity index (χ0v) is 21.8. The topological polar surface area (TPSA) is 129 Å². The zero-order chi connectivity index (χ0) is 27.5. The third-order valence-electron chi connectivity index (χ3n) is 4.97. The summed E-state index contributed by atoms with van der Waals surface area (Å²) in [7, 11) is 0. The molecule has 0 spiro atoms. The monoisotopic (exact) mass is 504 g/mol. The summed E-state index contributed by atoms with van der Waals surface area (Å²) >= 11 is 0. The van der Waals surface area contributed by atoms with Crippen molar-refractivity contribution in [3.8, 4) is 0 Å². The van der Waals surface area contributed by atoms with Crippen LogP contribution in [0.25, 0.3) is 0 Å².